The molecule has 0 unspecified atom stereocenters. The first kappa shape index (κ1) is 20.2. The van der Waals surface area contributed by atoms with Crippen molar-refractivity contribution in [2.75, 3.05) is 16.4 Å². The van der Waals surface area contributed by atoms with Crippen LogP contribution in [0.15, 0.2) is 42.5 Å². The summed E-state index contributed by atoms with van der Waals surface area (Å²) in [4.78, 5) is 24.0. The van der Waals surface area contributed by atoms with E-state index in [1.165, 1.54) is 18.2 Å². The third-order valence-electron chi connectivity index (χ3n) is 4.03. The van der Waals surface area contributed by atoms with Crippen molar-refractivity contribution in [1.82, 2.24) is 0 Å². The number of hydrogen-bond donors (Lipinski definition) is 4. The minimum atomic E-state index is -1.21. The molecule has 0 bridgehead atoms. The van der Waals surface area contributed by atoms with E-state index in [0.29, 0.717) is 5.00 Å². The van der Waals surface area contributed by atoms with Crippen molar-refractivity contribution >= 4 is 56.9 Å². The van der Waals surface area contributed by atoms with E-state index in [2.05, 4.69) is 10.6 Å². The van der Waals surface area contributed by atoms with Crippen LogP contribution >= 0.6 is 22.9 Å². The highest BCUT2D eigenvalue weighted by molar-refractivity contribution is 7.19. The van der Waals surface area contributed by atoms with Gasteiger partial charge in [-0.25, -0.2) is 4.79 Å². The number of aromatic carboxylic acids is 1. The van der Waals surface area contributed by atoms with Gasteiger partial charge < -0.3 is 21.5 Å². The van der Waals surface area contributed by atoms with Gasteiger partial charge in [0.2, 0.25) is 0 Å². The van der Waals surface area contributed by atoms with Crippen LogP contribution in [0.4, 0.5) is 22.1 Å². The highest BCUT2D eigenvalue weighted by atomic mass is 35.5. The Kier molecular flexibility index (Phi) is 5.73. The van der Waals surface area contributed by atoms with Crippen LogP contribution in [0.5, 0.6) is 0 Å². The molecule has 3 aromatic rings. The molecule has 1 amide bonds. The number of carboxylic acid groups (broad SMARTS) is 1. The maximum absolute atomic E-state index is 12.7. The molecule has 0 saturated heterocycles. The van der Waals surface area contributed by atoms with E-state index in [0.717, 1.165) is 22.6 Å². The van der Waals surface area contributed by atoms with Gasteiger partial charge in [0.15, 0.2) is 0 Å². The SMILES string of the molecule is Cc1ccc(Nc2sc(C(=O)Nc3ccc(Cl)c(C(=O)O)c3)c(N)c2C#N)cc1. The zero-order valence-corrected chi connectivity index (χ0v) is 16.7. The molecule has 0 atom stereocenters. The maximum Gasteiger partial charge on any atom is 0.337 e. The van der Waals surface area contributed by atoms with E-state index in [1.54, 1.807) is 0 Å². The van der Waals surface area contributed by atoms with Gasteiger partial charge in [-0.1, -0.05) is 29.3 Å². The van der Waals surface area contributed by atoms with Crippen molar-refractivity contribution in [3.63, 3.8) is 0 Å². The number of nitrogens with one attached hydrogen (secondary N) is 2. The van der Waals surface area contributed by atoms with Gasteiger partial charge in [0.1, 0.15) is 21.5 Å². The first-order valence-electron chi connectivity index (χ1n) is 8.30. The van der Waals surface area contributed by atoms with E-state index in [9.17, 15) is 14.9 Å². The molecule has 146 valence electrons. The molecule has 0 radical (unpaired) electrons. The number of nitrogen functional groups attached to an aromatic ring is 1. The van der Waals surface area contributed by atoms with Crippen molar-refractivity contribution in [2.45, 2.75) is 6.92 Å². The first-order valence-corrected chi connectivity index (χ1v) is 9.50. The van der Waals surface area contributed by atoms with Gasteiger partial charge in [-0.3, -0.25) is 4.79 Å². The van der Waals surface area contributed by atoms with E-state index >= 15 is 0 Å². The fourth-order valence-corrected chi connectivity index (χ4v) is 3.72. The Bertz CT molecular complexity index is 1150. The molecule has 2 aromatic carbocycles. The van der Waals surface area contributed by atoms with Gasteiger partial charge in [-0.15, -0.1) is 11.3 Å². The van der Waals surface area contributed by atoms with Gasteiger partial charge in [-0.05, 0) is 37.3 Å². The fraction of sp³-hybridized carbons (Fsp3) is 0.0500. The number of halogens is 1. The number of anilines is 4. The number of amides is 1. The Hall–Kier alpha value is -3.54. The molecule has 0 aliphatic carbocycles. The summed E-state index contributed by atoms with van der Waals surface area (Å²) in [5.41, 5.74) is 8.20. The number of nitrogens with zero attached hydrogens (tertiary/aromatic N) is 1. The van der Waals surface area contributed by atoms with Crippen LogP contribution in [0.25, 0.3) is 0 Å². The monoisotopic (exact) mass is 426 g/mol. The molecule has 0 saturated carbocycles. The van der Waals surface area contributed by atoms with Crippen molar-refractivity contribution in [1.29, 1.82) is 5.26 Å². The summed E-state index contributed by atoms with van der Waals surface area (Å²) in [7, 11) is 0. The van der Waals surface area contributed by atoms with Crippen LogP contribution in [0.2, 0.25) is 5.02 Å². The average Bonchev–Trinajstić information content (AvgIpc) is 3.00. The van der Waals surface area contributed by atoms with Crippen LogP contribution < -0.4 is 16.4 Å². The van der Waals surface area contributed by atoms with Crippen molar-refractivity contribution in [3.05, 3.63) is 69.1 Å². The number of carboxylic acids is 1. The molecule has 3 rings (SSSR count). The molecule has 0 aliphatic heterocycles. The summed E-state index contributed by atoms with van der Waals surface area (Å²) in [5, 5.41) is 24.8. The summed E-state index contributed by atoms with van der Waals surface area (Å²) in [6, 6.07) is 13.7. The second-order valence-corrected chi connectivity index (χ2v) is 7.53. The summed E-state index contributed by atoms with van der Waals surface area (Å²) in [6.45, 7) is 1.96. The number of thiophene rings is 1. The third kappa shape index (κ3) is 4.32. The third-order valence-corrected chi connectivity index (χ3v) is 5.48. The number of nitrogens with two attached hydrogens (primary N) is 1. The van der Waals surface area contributed by atoms with E-state index < -0.39 is 11.9 Å². The second-order valence-electron chi connectivity index (χ2n) is 6.11. The van der Waals surface area contributed by atoms with Crippen molar-refractivity contribution in [3.8, 4) is 6.07 Å². The van der Waals surface area contributed by atoms with Gasteiger partial charge in [0, 0.05) is 11.4 Å². The van der Waals surface area contributed by atoms with Gasteiger partial charge in [0.05, 0.1) is 16.3 Å². The lowest BCUT2D eigenvalue weighted by molar-refractivity contribution is 0.0696. The Balaban J connectivity index is 1.89. The zero-order chi connectivity index (χ0) is 21.1. The standard InChI is InChI=1S/C20H15ClN4O3S/c1-10-2-4-11(5-3-10)25-19-14(9-22)16(23)17(29-19)18(26)24-12-6-7-15(21)13(8-12)20(27)28/h2-8,25H,23H2,1H3,(H,24,26)(H,27,28). The van der Waals surface area contributed by atoms with Gasteiger partial charge >= 0.3 is 5.97 Å². The number of benzene rings is 2. The summed E-state index contributed by atoms with van der Waals surface area (Å²) in [6.07, 6.45) is 0. The minimum Gasteiger partial charge on any atom is -0.478 e. The van der Waals surface area contributed by atoms with Crippen molar-refractivity contribution in [2.24, 2.45) is 0 Å². The number of carbonyl (C=O) groups is 2. The predicted molar refractivity (Wildman–Crippen MR) is 114 cm³/mol. The Morgan fingerprint density at radius 1 is 1.17 bits per heavy atom. The normalized spacial score (nSPS) is 10.2. The Morgan fingerprint density at radius 3 is 2.45 bits per heavy atom. The van der Waals surface area contributed by atoms with Crippen LogP contribution in [-0.4, -0.2) is 17.0 Å². The van der Waals surface area contributed by atoms with E-state index in [-0.39, 0.29) is 32.4 Å². The highest BCUT2D eigenvalue weighted by Gasteiger charge is 2.22. The lowest BCUT2D eigenvalue weighted by Gasteiger charge is -2.06. The van der Waals surface area contributed by atoms with Crippen LogP contribution in [0, 0.1) is 18.3 Å². The highest BCUT2D eigenvalue weighted by Crippen LogP contribution is 2.37. The maximum atomic E-state index is 12.7. The number of hydrogen-bond acceptors (Lipinski definition) is 6. The second kappa shape index (κ2) is 8.22. The molecule has 0 spiro atoms. The fourth-order valence-electron chi connectivity index (χ4n) is 2.53. The molecule has 29 heavy (non-hydrogen) atoms. The molecule has 1 heterocycles. The molecule has 1 aromatic heterocycles. The van der Waals surface area contributed by atoms with Gasteiger partial charge in [-0.2, -0.15) is 5.26 Å². The smallest absolute Gasteiger partial charge is 0.337 e. The predicted octanol–water partition coefficient (Wildman–Crippen LogP) is 4.86. The lowest BCUT2D eigenvalue weighted by Crippen LogP contribution is -2.13. The van der Waals surface area contributed by atoms with E-state index in [4.69, 9.17) is 22.4 Å². The zero-order valence-electron chi connectivity index (χ0n) is 15.1. The quantitative estimate of drug-likeness (QED) is 0.461. The Morgan fingerprint density at radius 2 is 1.83 bits per heavy atom. The van der Waals surface area contributed by atoms with Crippen LogP contribution in [0.1, 0.15) is 31.2 Å². The molecule has 0 fully saturated rings. The number of carbonyl (C=O) groups excluding carboxylic acids is 1. The van der Waals surface area contributed by atoms with Crippen molar-refractivity contribution < 1.29 is 14.7 Å². The Labute approximate surface area is 175 Å². The summed E-state index contributed by atoms with van der Waals surface area (Å²) in [5.74, 6) is -1.77. The molecule has 9 heteroatoms. The summed E-state index contributed by atoms with van der Waals surface area (Å²) >= 11 is 6.88. The van der Waals surface area contributed by atoms with Crippen LogP contribution in [-0.2, 0) is 0 Å². The average molecular weight is 427 g/mol. The minimum absolute atomic E-state index is 0.0528. The number of aryl methyl sites for hydroxylation is 1. The van der Waals surface area contributed by atoms with Gasteiger partial charge in [0.25, 0.3) is 5.91 Å². The van der Waals surface area contributed by atoms with E-state index in [1.807, 2.05) is 37.3 Å². The number of nitriles is 1. The van der Waals surface area contributed by atoms with Crippen LogP contribution in [0.3, 0.4) is 0 Å². The molecule has 7 nitrogen and oxygen atoms in total. The first-order chi connectivity index (χ1) is 13.8. The number of rotatable bonds is 5. The lowest BCUT2D eigenvalue weighted by atomic mass is 10.2. The molecule has 0 aliphatic rings. The molecular formula is C20H15ClN4O3S. The molecular weight excluding hydrogens is 412 g/mol. The topological polar surface area (TPSA) is 128 Å². The molecule has 5 N–H and O–H groups in total. The summed E-state index contributed by atoms with van der Waals surface area (Å²) < 4.78 is 0. The largest absolute Gasteiger partial charge is 0.478 e.